The van der Waals surface area contributed by atoms with Gasteiger partial charge >= 0.3 is 11.9 Å². The van der Waals surface area contributed by atoms with Crippen molar-refractivity contribution < 1.29 is 29.0 Å². The SMILES string of the molecule is CCC(C)(OC)C(=O)N[C@H](CCC(=O)OC)C(=O)O. The molecule has 0 aliphatic rings. The summed E-state index contributed by atoms with van der Waals surface area (Å²) in [6.45, 7) is 3.33. The first-order valence-corrected chi connectivity index (χ1v) is 5.96. The van der Waals surface area contributed by atoms with Gasteiger partial charge in [0.15, 0.2) is 0 Å². The quantitative estimate of drug-likeness (QED) is 0.619. The lowest BCUT2D eigenvalue weighted by Crippen LogP contribution is -2.51. The predicted octanol–water partition coefficient (Wildman–Crippen LogP) is 0.324. The molecule has 0 fully saturated rings. The van der Waals surface area contributed by atoms with Crippen LogP contribution in [0.3, 0.4) is 0 Å². The lowest BCUT2D eigenvalue weighted by atomic mass is 10.0. The van der Waals surface area contributed by atoms with Crippen molar-refractivity contribution in [3.8, 4) is 0 Å². The fraction of sp³-hybridized carbons (Fsp3) is 0.750. The Bertz CT molecular complexity index is 337. The summed E-state index contributed by atoms with van der Waals surface area (Å²) in [6.07, 6.45) is 0.291. The molecule has 19 heavy (non-hydrogen) atoms. The van der Waals surface area contributed by atoms with Crippen molar-refractivity contribution in [2.24, 2.45) is 0 Å². The minimum Gasteiger partial charge on any atom is -0.480 e. The number of ether oxygens (including phenoxy) is 2. The van der Waals surface area contributed by atoms with Gasteiger partial charge in [0, 0.05) is 13.5 Å². The molecule has 0 aromatic carbocycles. The fourth-order valence-electron chi connectivity index (χ4n) is 1.33. The molecule has 1 unspecified atom stereocenters. The maximum atomic E-state index is 11.9. The highest BCUT2D eigenvalue weighted by Gasteiger charge is 2.34. The highest BCUT2D eigenvalue weighted by molar-refractivity contribution is 5.89. The maximum absolute atomic E-state index is 11.9. The van der Waals surface area contributed by atoms with Gasteiger partial charge in [-0.15, -0.1) is 0 Å². The topological polar surface area (TPSA) is 102 Å². The molecule has 7 nitrogen and oxygen atoms in total. The molecule has 0 spiro atoms. The Hall–Kier alpha value is -1.63. The molecule has 0 bridgehead atoms. The maximum Gasteiger partial charge on any atom is 0.326 e. The van der Waals surface area contributed by atoms with Gasteiger partial charge in [0.05, 0.1) is 7.11 Å². The molecule has 0 aromatic heterocycles. The Kier molecular flexibility index (Phi) is 7.06. The molecule has 0 aliphatic heterocycles. The smallest absolute Gasteiger partial charge is 0.326 e. The van der Waals surface area contributed by atoms with Gasteiger partial charge in [0.2, 0.25) is 0 Å². The second-order valence-corrected chi connectivity index (χ2v) is 4.27. The van der Waals surface area contributed by atoms with Crippen molar-refractivity contribution in [3.05, 3.63) is 0 Å². The lowest BCUT2D eigenvalue weighted by molar-refractivity contribution is -0.149. The van der Waals surface area contributed by atoms with Gasteiger partial charge in [-0.25, -0.2) is 4.79 Å². The van der Waals surface area contributed by atoms with E-state index in [1.807, 2.05) is 0 Å². The van der Waals surface area contributed by atoms with Gasteiger partial charge in [-0.2, -0.15) is 0 Å². The second kappa shape index (κ2) is 7.73. The first-order valence-electron chi connectivity index (χ1n) is 5.96. The second-order valence-electron chi connectivity index (χ2n) is 4.27. The van der Waals surface area contributed by atoms with Crippen LogP contribution in [-0.2, 0) is 23.9 Å². The first-order chi connectivity index (χ1) is 8.80. The van der Waals surface area contributed by atoms with Gasteiger partial charge in [0.25, 0.3) is 5.91 Å². The van der Waals surface area contributed by atoms with Gasteiger partial charge in [0.1, 0.15) is 11.6 Å². The van der Waals surface area contributed by atoms with Crippen molar-refractivity contribution in [1.82, 2.24) is 5.32 Å². The highest BCUT2D eigenvalue weighted by Crippen LogP contribution is 2.14. The van der Waals surface area contributed by atoms with E-state index in [9.17, 15) is 14.4 Å². The Morgan fingerprint density at radius 2 is 1.89 bits per heavy atom. The minimum absolute atomic E-state index is 0.0305. The van der Waals surface area contributed by atoms with E-state index in [2.05, 4.69) is 10.1 Å². The number of esters is 1. The van der Waals surface area contributed by atoms with Crippen molar-refractivity contribution in [1.29, 1.82) is 0 Å². The highest BCUT2D eigenvalue weighted by atomic mass is 16.5. The third-order valence-electron chi connectivity index (χ3n) is 3.07. The molecule has 0 saturated heterocycles. The predicted molar refractivity (Wildman–Crippen MR) is 66.5 cm³/mol. The molecule has 0 aromatic rings. The number of hydrogen-bond acceptors (Lipinski definition) is 5. The number of methoxy groups -OCH3 is 2. The van der Waals surface area contributed by atoms with Crippen LogP contribution >= 0.6 is 0 Å². The number of amides is 1. The van der Waals surface area contributed by atoms with Crippen LogP contribution in [0, 0.1) is 0 Å². The zero-order valence-corrected chi connectivity index (χ0v) is 11.7. The Morgan fingerprint density at radius 3 is 2.26 bits per heavy atom. The zero-order chi connectivity index (χ0) is 15.1. The van der Waals surface area contributed by atoms with Gasteiger partial charge in [-0.3, -0.25) is 9.59 Å². The molecule has 0 heterocycles. The molecule has 0 saturated carbocycles. The van der Waals surface area contributed by atoms with Crippen LogP contribution < -0.4 is 5.32 Å². The van der Waals surface area contributed by atoms with E-state index in [4.69, 9.17) is 9.84 Å². The van der Waals surface area contributed by atoms with E-state index in [0.29, 0.717) is 6.42 Å². The molecular formula is C12H21NO6. The van der Waals surface area contributed by atoms with E-state index in [-0.39, 0.29) is 12.8 Å². The van der Waals surface area contributed by atoms with E-state index < -0.39 is 29.5 Å². The summed E-state index contributed by atoms with van der Waals surface area (Å²) in [5.41, 5.74) is -1.08. The minimum atomic E-state index is -1.20. The summed E-state index contributed by atoms with van der Waals surface area (Å²) < 4.78 is 9.51. The number of carbonyl (C=O) groups excluding carboxylic acids is 2. The largest absolute Gasteiger partial charge is 0.480 e. The van der Waals surface area contributed by atoms with E-state index in [0.717, 1.165) is 0 Å². The normalized spacial score (nSPS) is 15.2. The van der Waals surface area contributed by atoms with Crippen molar-refractivity contribution in [2.45, 2.75) is 44.8 Å². The van der Waals surface area contributed by atoms with Gasteiger partial charge in [-0.05, 0) is 19.8 Å². The molecule has 2 N–H and O–H groups in total. The zero-order valence-electron chi connectivity index (χ0n) is 11.7. The van der Waals surface area contributed by atoms with E-state index in [1.165, 1.54) is 14.2 Å². The van der Waals surface area contributed by atoms with Gasteiger partial charge < -0.3 is 19.9 Å². The van der Waals surface area contributed by atoms with Crippen LogP contribution in [0.4, 0.5) is 0 Å². The molecule has 0 rings (SSSR count). The molecule has 0 radical (unpaired) electrons. The van der Waals surface area contributed by atoms with Gasteiger partial charge in [-0.1, -0.05) is 6.92 Å². The summed E-state index contributed by atoms with van der Waals surface area (Å²) in [6, 6.07) is -1.15. The summed E-state index contributed by atoms with van der Waals surface area (Å²) in [5, 5.41) is 11.4. The van der Waals surface area contributed by atoms with E-state index >= 15 is 0 Å². The van der Waals surface area contributed by atoms with Crippen LogP contribution in [0.15, 0.2) is 0 Å². The molecule has 110 valence electrons. The molecule has 0 aliphatic carbocycles. The first kappa shape index (κ1) is 17.4. The Morgan fingerprint density at radius 1 is 1.32 bits per heavy atom. The summed E-state index contributed by atoms with van der Waals surface area (Å²) in [5.74, 6) is -2.24. The molecule has 7 heteroatoms. The van der Waals surface area contributed by atoms with Crippen molar-refractivity contribution in [2.75, 3.05) is 14.2 Å². The van der Waals surface area contributed by atoms with Crippen LogP contribution in [0.1, 0.15) is 33.1 Å². The molecular weight excluding hydrogens is 254 g/mol. The van der Waals surface area contributed by atoms with Crippen LogP contribution in [-0.4, -0.2) is 48.8 Å². The number of rotatable bonds is 8. The Labute approximate surface area is 112 Å². The Balaban J connectivity index is 4.63. The van der Waals surface area contributed by atoms with Crippen molar-refractivity contribution in [3.63, 3.8) is 0 Å². The monoisotopic (exact) mass is 275 g/mol. The molecule has 1 amide bonds. The number of nitrogens with one attached hydrogen (secondary N) is 1. The third-order valence-corrected chi connectivity index (χ3v) is 3.07. The number of hydrogen-bond donors (Lipinski definition) is 2. The molecule has 2 atom stereocenters. The standard InChI is InChI=1S/C12H21NO6/c1-5-12(2,19-4)11(17)13-8(10(15)16)6-7-9(14)18-3/h8H,5-7H2,1-4H3,(H,13,17)(H,15,16)/t8-,12?/m1/s1. The average Bonchev–Trinajstić information content (AvgIpc) is 2.41. The third kappa shape index (κ3) is 5.25. The average molecular weight is 275 g/mol. The van der Waals surface area contributed by atoms with Crippen LogP contribution in [0.5, 0.6) is 0 Å². The summed E-state index contributed by atoms with van der Waals surface area (Å²) >= 11 is 0. The summed E-state index contributed by atoms with van der Waals surface area (Å²) in [4.78, 5) is 34.0. The van der Waals surface area contributed by atoms with E-state index in [1.54, 1.807) is 13.8 Å². The number of carbonyl (C=O) groups is 3. The lowest BCUT2D eigenvalue weighted by Gasteiger charge is -2.27. The fourth-order valence-corrected chi connectivity index (χ4v) is 1.33. The van der Waals surface area contributed by atoms with Crippen LogP contribution in [0.25, 0.3) is 0 Å². The summed E-state index contributed by atoms with van der Waals surface area (Å²) in [7, 11) is 2.60. The van der Waals surface area contributed by atoms with Crippen molar-refractivity contribution >= 4 is 17.8 Å². The van der Waals surface area contributed by atoms with Crippen LogP contribution in [0.2, 0.25) is 0 Å². The number of carboxylic acid groups (broad SMARTS) is 1. The number of carboxylic acids is 1. The number of aliphatic carboxylic acids is 1.